The van der Waals surface area contributed by atoms with E-state index in [0.717, 1.165) is 37.0 Å². The summed E-state index contributed by atoms with van der Waals surface area (Å²) in [7, 11) is 0. The van der Waals surface area contributed by atoms with E-state index in [0.29, 0.717) is 6.42 Å². The first-order valence-corrected chi connectivity index (χ1v) is 7.32. The number of piperazine rings is 1. The first kappa shape index (κ1) is 19.5. The molecule has 0 bridgehead atoms. The van der Waals surface area contributed by atoms with Crippen LogP contribution in [-0.2, 0) is 0 Å². The summed E-state index contributed by atoms with van der Waals surface area (Å²) in [6, 6.07) is 14.1. The minimum absolute atomic E-state index is 0. The molecule has 1 aliphatic heterocycles. The Morgan fingerprint density at radius 1 is 1.09 bits per heavy atom. The minimum Gasteiger partial charge on any atom is -0.508 e. The molecule has 0 saturated carbocycles. The van der Waals surface area contributed by atoms with Gasteiger partial charge in [0.25, 0.3) is 0 Å². The van der Waals surface area contributed by atoms with Crippen molar-refractivity contribution in [2.75, 3.05) is 26.2 Å². The first-order valence-electron chi connectivity index (χ1n) is 7.32. The predicted octanol–water partition coefficient (Wildman–Crippen LogP) is 3.25. The summed E-state index contributed by atoms with van der Waals surface area (Å²) in [5.41, 5.74) is 1.18. The zero-order valence-corrected chi connectivity index (χ0v) is 14.4. The van der Waals surface area contributed by atoms with Crippen LogP contribution >= 0.6 is 24.8 Å². The SMILES string of the molecule is Cl.Cl.N#CC[C@@H](c1ccc2cc(O)ccc2c1)N1CCNCC1. The lowest BCUT2D eigenvalue weighted by Crippen LogP contribution is -2.45. The zero-order valence-electron chi connectivity index (χ0n) is 12.7. The number of phenols is 1. The quantitative estimate of drug-likeness (QED) is 0.888. The van der Waals surface area contributed by atoms with Crippen molar-refractivity contribution < 1.29 is 5.11 Å². The largest absolute Gasteiger partial charge is 0.508 e. The van der Waals surface area contributed by atoms with Crippen molar-refractivity contribution >= 4 is 35.6 Å². The Morgan fingerprint density at radius 3 is 2.43 bits per heavy atom. The molecule has 1 fully saturated rings. The van der Waals surface area contributed by atoms with E-state index < -0.39 is 0 Å². The van der Waals surface area contributed by atoms with E-state index in [2.05, 4.69) is 28.4 Å². The molecule has 3 rings (SSSR count). The van der Waals surface area contributed by atoms with Gasteiger partial charge in [-0.05, 0) is 34.5 Å². The molecule has 2 aromatic rings. The van der Waals surface area contributed by atoms with Gasteiger partial charge in [0.15, 0.2) is 0 Å². The molecular formula is C17H21Cl2N3O. The van der Waals surface area contributed by atoms with Gasteiger partial charge in [-0.2, -0.15) is 5.26 Å². The molecule has 0 unspecified atom stereocenters. The van der Waals surface area contributed by atoms with Gasteiger partial charge in [0.1, 0.15) is 5.75 Å². The van der Waals surface area contributed by atoms with E-state index in [9.17, 15) is 5.11 Å². The summed E-state index contributed by atoms with van der Waals surface area (Å²) >= 11 is 0. The number of hydrogen-bond donors (Lipinski definition) is 2. The van der Waals surface area contributed by atoms with Gasteiger partial charge in [-0.1, -0.05) is 18.2 Å². The van der Waals surface area contributed by atoms with E-state index in [-0.39, 0.29) is 36.6 Å². The number of hydrogen-bond acceptors (Lipinski definition) is 4. The van der Waals surface area contributed by atoms with Crippen molar-refractivity contribution in [3.05, 3.63) is 42.0 Å². The second kappa shape index (κ2) is 8.95. The maximum atomic E-state index is 9.54. The van der Waals surface area contributed by atoms with Crippen molar-refractivity contribution in [3.63, 3.8) is 0 Å². The fourth-order valence-electron chi connectivity index (χ4n) is 3.00. The lowest BCUT2D eigenvalue weighted by molar-refractivity contribution is 0.176. The summed E-state index contributed by atoms with van der Waals surface area (Å²) < 4.78 is 0. The molecule has 1 saturated heterocycles. The van der Waals surface area contributed by atoms with Crippen molar-refractivity contribution in [3.8, 4) is 11.8 Å². The molecule has 4 nitrogen and oxygen atoms in total. The van der Waals surface area contributed by atoms with Gasteiger partial charge in [-0.15, -0.1) is 24.8 Å². The number of nitrogens with one attached hydrogen (secondary N) is 1. The number of nitriles is 1. The average molecular weight is 354 g/mol. The standard InChI is InChI=1S/C17H19N3O.2ClH/c18-6-5-17(20-9-7-19-8-10-20)15-2-1-14-12-16(21)4-3-13(14)11-15;;/h1-4,11-12,17,19,21H,5,7-10H2;2*1H/t17-;;/m0../s1. The van der Waals surface area contributed by atoms with E-state index >= 15 is 0 Å². The molecule has 2 N–H and O–H groups in total. The molecule has 0 spiro atoms. The lowest BCUT2D eigenvalue weighted by Gasteiger charge is -2.34. The van der Waals surface area contributed by atoms with Crippen LogP contribution in [0.15, 0.2) is 36.4 Å². The smallest absolute Gasteiger partial charge is 0.116 e. The molecule has 1 aliphatic rings. The Hall–Kier alpha value is -1.51. The molecule has 2 aromatic carbocycles. The topological polar surface area (TPSA) is 59.3 Å². The van der Waals surface area contributed by atoms with E-state index in [1.54, 1.807) is 12.1 Å². The maximum absolute atomic E-state index is 9.54. The van der Waals surface area contributed by atoms with Crippen molar-refractivity contribution in [2.45, 2.75) is 12.5 Å². The van der Waals surface area contributed by atoms with Gasteiger partial charge in [-0.3, -0.25) is 4.90 Å². The fraction of sp³-hybridized carbons (Fsp3) is 0.353. The number of aromatic hydroxyl groups is 1. The normalized spacial score (nSPS) is 16.0. The average Bonchev–Trinajstić information content (AvgIpc) is 2.53. The van der Waals surface area contributed by atoms with Crippen LogP contribution in [0.2, 0.25) is 0 Å². The lowest BCUT2D eigenvalue weighted by atomic mass is 9.98. The summed E-state index contributed by atoms with van der Waals surface area (Å²) in [6.45, 7) is 3.90. The molecule has 1 heterocycles. The number of benzene rings is 2. The van der Waals surface area contributed by atoms with Crippen LogP contribution in [0.5, 0.6) is 5.75 Å². The highest BCUT2D eigenvalue weighted by molar-refractivity contribution is 5.86. The monoisotopic (exact) mass is 353 g/mol. The molecule has 23 heavy (non-hydrogen) atoms. The highest BCUT2D eigenvalue weighted by Gasteiger charge is 2.22. The Labute approximate surface area is 148 Å². The second-order valence-electron chi connectivity index (χ2n) is 5.45. The van der Waals surface area contributed by atoms with E-state index in [4.69, 9.17) is 5.26 Å². The third-order valence-electron chi connectivity index (χ3n) is 4.11. The van der Waals surface area contributed by atoms with Crippen LogP contribution in [0.25, 0.3) is 10.8 Å². The number of nitrogens with zero attached hydrogens (tertiary/aromatic N) is 2. The van der Waals surface area contributed by atoms with Crippen LogP contribution < -0.4 is 5.32 Å². The number of phenolic OH excluding ortho intramolecular Hbond substituents is 1. The van der Waals surface area contributed by atoms with Gasteiger partial charge < -0.3 is 10.4 Å². The van der Waals surface area contributed by atoms with Crippen molar-refractivity contribution in [1.29, 1.82) is 5.26 Å². The van der Waals surface area contributed by atoms with Gasteiger partial charge in [0, 0.05) is 32.2 Å². The Morgan fingerprint density at radius 2 is 1.74 bits per heavy atom. The van der Waals surface area contributed by atoms with Gasteiger partial charge in [0.2, 0.25) is 0 Å². The molecule has 0 radical (unpaired) electrons. The van der Waals surface area contributed by atoms with Gasteiger partial charge >= 0.3 is 0 Å². The number of fused-ring (bicyclic) bond motifs is 1. The predicted molar refractivity (Wildman–Crippen MR) is 97.5 cm³/mol. The second-order valence-corrected chi connectivity index (χ2v) is 5.45. The van der Waals surface area contributed by atoms with Crippen molar-refractivity contribution in [1.82, 2.24) is 10.2 Å². The van der Waals surface area contributed by atoms with Crippen LogP contribution in [-0.4, -0.2) is 36.2 Å². The summed E-state index contributed by atoms with van der Waals surface area (Å²) in [5, 5.41) is 24.2. The van der Waals surface area contributed by atoms with Crippen LogP contribution in [0.4, 0.5) is 0 Å². The van der Waals surface area contributed by atoms with Crippen molar-refractivity contribution in [2.24, 2.45) is 0 Å². The van der Waals surface area contributed by atoms with E-state index in [1.165, 1.54) is 5.56 Å². The van der Waals surface area contributed by atoms with Crippen LogP contribution in [0.3, 0.4) is 0 Å². The third kappa shape index (κ3) is 4.49. The van der Waals surface area contributed by atoms with Crippen LogP contribution in [0.1, 0.15) is 18.0 Å². The highest BCUT2D eigenvalue weighted by atomic mass is 35.5. The molecule has 1 atom stereocenters. The highest BCUT2D eigenvalue weighted by Crippen LogP contribution is 2.28. The van der Waals surface area contributed by atoms with E-state index in [1.807, 2.05) is 12.1 Å². The number of rotatable bonds is 3. The zero-order chi connectivity index (χ0) is 14.7. The summed E-state index contributed by atoms with van der Waals surface area (Å²) in [4.78, 5) is 2.38. The molecule has 0 amide bonds. The van der Waals surface area contributed by atoms with Gasteiger partial charge in [-0.25, -0.2) is 0 Å². The summed E-state index contributed by atoms with van der Waals surface area (Å²) in [5.74, 6) is 0.283. The molecule has 124 valence electrons. The fourth-order valence-corrected chi connectivity index (χ4v) is 3.00. The molecule has 0 aliphatic carbocycles. The Kier molecular flexibility index (Phi) is 7.60. The third-order valence-corrected chi connectivity index (χ3v) is 4.11. The van der Waals surface area contributed by atoms with Crippen LogP contribution in [0, 0.1) is 11.3 Å². The maximum Gasteiger partial charge on any atom is 0.116 e. The molecule has 0 aromatic heterocycles. The number of halogens is 2. The Bertz CT molecular complexity index is 681. The van der Waals surface area contributed by atoms with Gasteiger partial charge in [0.05, 0.1) is 12.5 Å². The molecular weight excluding hydrogens is 333 g/mol. The molecule has 6 heteroatoms. The first-order chi connectivity index (χ1) is 10.3. The minimum atomic E-state index is 0. The summed E-state index contributed by atoms with van der Waals surface area (Å²) in [6.07, 6.45) is 0.504. The Balaban J connectivity index is 0.00000132.